The first-order valence-electron chi connectivity index (χ1n) is 6.85. The zero-order valence-electron chi connectivity index (χ0n) is 13.3. The third-order valence-corrected chi connectivity index (χ3v) is 5.81. The van der Waals surface area contributed by atoms with Crippen LogP contribution in [0.15, 0.2) is 12.1 Å². The van der Waals surface area contributed by atoms with E-state index in [-0.39, 0.29) is 10.8 Å². The highest BCUT2D eigenvalue weighted by molar-refractivity contribution is 7.22. The quantitative estimate of drug-likeness (QED) is 0.830. The fourth-order valence-corrected chi connectivity index (χ4v) is 4.17. The van der Waals surface area contributed by atoms with E-state index in [4.69, 9.17) is 0 Å². The summed E-state index contributed by atoms with van der Waals surface area (Å²) in [5, 5.41) is 10.2. The molecule has 0 saturated carbocycles. The Balaban J connectivity index is 2.51. The topological polar surface area (TPSA) is 50.2 Å². The second kappa shape index (κ2) is 5.21. The number of hydrogen-bond acceptors (Lipinski definition) is 4. The zero-order valence-corrected chi connectivity index (χ0v) is 14.9. The SMILES string of the molecule is CC(C)(C)c1ccc(-c2nc(C(C)(C)C)c(C(=O)O)s2)s1. The maximum atomic E-state index is 11.5. The molecule has 3 nitrogen and oxygen atoms in total. The van der Waals surface area contributed by atoms with Crippen molar-refractivity contribution in [1.82, 2.24) is 4.98 Å². The average Bonchev–Trinajstić information content (AvgIpc) is 2.93. The summed E-state index contributed by atoms with van der Waals surface area (Å²) in [5.41, 5.74) is 0.496. The van der Waals surface area contributed by atoms with Gasteiger partial charge in [-0.15, -0.1) is 22.7 Å². The first-order chi connectivity index (χ1) is 9.50. The third kappa shape index (κ3) is 3.35. The lowest BCUT2D eigenvalue weighted by atomic mass is 9.91. The zero-order chi connectivity index (χ0) is 16.0. The van der Waals surface area contributed by atoms with Crippen molar-refractivity contribution in [3.8, 4) is 9.88 Å². The van der Waals surface area contributed by atoms with Crippen molar-refractivity contribution in [2.45, 2.75) is 52.4 Å². The fraction of sp³-hybridized carbons (Fsp3) is 0.500. The number of aromatic nitrogens is 1. The lowest BCUT2D eigenvalue weighted by molar-refractivity contribution is 0.0699. The Hall–Kier alpha value is -1.20. The van der Waals surface area contributed by atoms with Gasteiger partial charge in [0.15, 0.2) is 0 Å². The maximum Gasteiger partial charge on any atom is 0.347 e. The Labute approximate surface area is 133 Å². The van der Waals surface area contributed by atoms with Crippen LogP contribution in [0.2, 0.25) is 0 Å². The van der Waals surface area contributed by atoms with Crippen molar-refractivity contribution in [3.05, 3.63) is 27.6 Å². The molecule has 0 aliphatic rings. The summed E-state index contributed by atoms with van der Waals surface area (Å²) in [4.78, 5) is 18.7. The van der Waals surface area contributed by atoms with E-state index in [0.717, 1.165) is 9.88 Å². The smallest absolute Gasteiger partial charge is 0.347 e. The molecule has 2 aromatic rings. The van der Waals surface area contributed by atoms with Crippen LogP contribution in [0.1, 0.15) is 61.8 Å². The lowest BCUT2D eigenvalue weighted by Crippen LogP contribution is -2.16. The Morgan fingerprint density at radius 3 is 2.05 bits per heavy atom. The van der Waals surface area contributed by atoms with E-state index in [9.17, 15) is 9.90 Å². The molecule has 0 radical (unpaired) electrons. The normalized spacial score (nSPS) is 12.7. The Bertz CT molecular complexity index is 669. The average molecular weight is 323 g/mol. The number of thiophene rings is 1. The largest absolute Gasteiger partial charge is 0.477 e. The van der Waals surface area contributed by atoms with Crippen LogP contribution in [0.3, 0.4) is 0 Å². The molecule has 0 spiro atoms. The van der Waals surface area contributed by atoms with Gasteiger partial charge < -0.3 is 5.11 Å². The molecular weight excluding hydrogens is 302 g/mol. The van der Waals surface area contributed by atoms with Gasteiger partial charge in [0.05, 0.1) is 10.6 Å². The van der Waals surface area contributed by atoms with Crippen molar-refractivity contribution in [3.63, 3.8) is 0 Å². The molecule has 0 aromatic carbocycles. The van der Waals surface area contributed by atoms with Crippen molar-refractivity contribution in [2.24, 2.45) is 0 Å². The summed E-state index contributed by atoms with van der Waals surface area (Å²) < 4.78 is 0. The fourth-order valence-electron chi connectivity index (χ4n) is 1.93. The van der Waals surface area contributed by atoms with E-state index in [1.165, 1.54) is 16.2 Å². The minimum atomic E-state index is -0.892. The molecular formula is C16H21NO2S2. The van der Waals surface area contributed by atoms with Crippen molar-refractivity contribution >= 4 is 28.6 Å². The van der Waals surface area contributed by atoms with Crippen LogP contribution in [0.25, 0.3) is 9.88 Å². The summed E-state index contributed by atoms with van der Waals surface area (Å²) >= 11 is 2.96. The highest BCUT2D eigenvalue weighted by atomic mass is 32.1. The first kappa shape index (κ1) is 16.2. The van der Waals surface area contributed by atoms with Crippen LogP contribution in [0.5, 0.6) is 0 Å². The predicted molar refractivity (Wildman–Crippen MR) is 89.8 cm³/mol. The van der Waals surface area contributed by atoms with Gasteiger partial charge in [0.25, 0.3) is 0 Å². The van der Waals surface area contributed by atoms with E-state index in [2.05, 4.69) is 31.8 Å². The van der Waals surface area contributed by atoms with E-state index in [0.29, 0.717) is 10.6 Å². The molecule has 21 heavy (non-hydrogen) atoms. The van der Waals surface area contributed by atoms with Gasteiger partial charge in [0.1, 0.15) is 9.88 Å². The number of hydrogen-bond donors (Lipinski definition) is 1. The maximum absolute atomic E-state index is 11.5. The minimum absolute atomic E-state index is 0.0999. The molecule has 1 N–H and O–H groups in total. The molecule has 0 aliphatic carbocycles. The Morgan fingerprint density at radius 1 is 1.05 bits per heavy atom. The van der Waals surface area contributed by atoms with Crippen LogP contribution < -0.4 is 0 Å². The summed E-state index contributed by atoms with van der Waals surface area (Å²) in [6.07, 6.45) is 0. The van der Waals surface area contributed by atoms with E-state index >= 15 is 0 Å². The van der Waals surface area contributed by atoms with E-state index < -0.39 is 5.97 Å². The molecule has 114 valence electrons. The van der Waals surface area contributed by atoms with Gasteiger partial charge in [-0.25, -0.2) is 9.78 Å². The van der Waals surface area contributed by atoms with Crippen molar-refractivity contribution in [2.75, 3.05) is 0 Å². The standard InChI is InChI=1S/C16H21NO2S2/c1-15(2,3)10-8-7-9(20-10)13-17-12(16(4,5)6)11(21-13)14(18)19/h7-8H,1-6H3,(H,18,19). The van der Waals surface area contributed by atoms with Crippen molar-refractivity contribution < 1.29 is 9.90 Å². The number of aromatic carboxylic acids is 1. The molecule has 0 aliphatic heterocycles. The van der Waals surface area contributed by atoms with Gasteiger partial charge in [-0.1, -0.05) is 41.5 Å². The van der Waals surface area contributed by atoms with Gasteiger partial charge in [-0.2, -0.15) is 0 Å². The number of rotatable bonds is 2. The van der Waals surface area contributed by atoms with Crippen molar-refractivity contribution in [1.29, 1.82) is 0 Å². The summed E-state index contributed by atoms with van der Waals surface area (Å²) in [7, 11) is 0. The van der Waals surface area contributed by atoms with Crippen LogP contribution in [-0.4, -0.2) is 16.1 Å². The van der Waals surface area contributed by atoms with Crippen LogP contribution in [-0.2, 0) is 10.8 Å². The second-order valence-corrected chi connectivity index (χ2v) is 9.25. The van der Waals surface area contributed by atoms with Gasteiger partial charge in [-0.05, 0) is 17.5 Å². The van der Waals surface area contributed by atoms with Gasteiger partial charge in [0, 0.05) is 10.3 Å². The van der Waals surface area contributed by atoms with Crippen LogP contribution >= 0.6 is 22.7 Å². The lowest BCUT2D eigenvalue weighted by Gasteiger charge is -2.16. The molecule has 2 rings (SSSR count). The van der Waals surface area contributed by atoms with Gasteiger partial charge >= 0.3 is 5.97 Å². The second-order valence-electron chi connectivity index (χ2n) is 7.17. The number of carbonyl (C=O) groups is 1. The third-order valence-electron chi connectivity index (χ3n) is 3.09. The molecule has 0 saturated heterocycles. The van der Waals surface area contributed by atoms with Crippen LogP contribution in [0, 0.1) is 0 Å². The number of carboxylic acid groups (broad SMARTS) is 1. The van der Waals surface area contributed by atoms with Crippen LogP contribution in [0.4, 0.5) is 0 Å². The molecule has 2 heterocycles. The summed E-state index contributed by atoms with van der Waals surface area (Å²) in [6, 6.07) is 4.15. The molecule has 0 bridgehead atoms. The minimum Gasteiger partial charge on any atom is -0.477 e. The number of nitrogens with zero attached hydrogens (tertiary/aromatic N) is 1. The number of carboxylic acids is 1. The molecule has 0 fully saturated rings. The highest BCUT2D eigenvalue weighted by Gasteiger charge is 2.28. The molecule has 0 atom stereocenters. The molecule has 0 unspecified atom stereocenters. The summed E-state index contributed by atoms with van der Waals surface area (Å²) in [6.45, 7) is 12.5. The van der Waals surface area contributed by atoms with E-state index in [1.54, 1.807) is 11.3 Å². The Morgan fingerprint density at radius 2 is 1.67 bits per heavy atom. The highest BCUT2D eigenvalue weighted by Crippen LogP contribution is 2.39. The number of thiazole rings is 1. The predicted octanol–water partition coefficient (Wildman–Crippen LogP) is 5.16. The molecule has 2 aromatic heterocycles. The van der Waals surface area contributed by atoms with E-state index in [1.807, 2.05) is 26.8 Å². The molecule has 0 amide bonds. The monoisotopic (exact) mass is 323 g/mol. The Kier molecular flexibility index (Phi) is 4.02. The van der Waals surface area contributed by atoms with Gasteiger partial charge in [0.2, 0.25) is 0 Å². The first-order valence-corrected chi connectivity index (χ1v) is 8.49. The van der Waals surface area contributed by atoms with Gasteiger partial charge in [-0.3, -0.25) is 0 Å². The summed E-state index contributed by atoms with van der Waals surface area (Å²) in [5.74, 6) is -0.892. The molecule has 5 heteroatoms.